The molecule has 0 unspecified atom stereocenters. The molecular weight excluding hydrogens is 728 g/mol. The average molecular weight is 771 g/mol. The highest BCUT2D eigenvalue weighted by Gasteiger charge is 2.05. The van der Waals surface area contributed by atoms with Gasteiger partial charge >= 0.3 is 5.97 Å². The van der Waals surface area contributed by atoms with Crippen molar-refractivity contribution < 1.29 is 9.90 Å². The minimum absolute atomic E-state index is 0.372. The van der Waals surface area contributed by atoms with Gasteiger partial charge in [-0.3, -0.25) is 0 Å². The van der Waals surface area contributed by atoms with Gasteiger partial charge in [0, 0.05) is 43.5 Å². The largest absolute Gasteiger partial charge is 0.478 e. The Morgan fingerprint density at radius 2 is 1.27 bits per heavy atom. The molecule has 55 heavy (non-hydrogen) atoms. The van der Waals surface area contributed by atoms with Gasteiger partial charge in [-0.15, -0.1) is 0 Å². The summed E-state index contributed by atoms with van der Waals surface area (Å²) in [6.45, 7) is 11.1. The Bertz CT molecular complexity index is 2230. The van der Waals surface area contributed by atoms with Gasteiger partial charge in [-0.05, 0) is 32.3 Å². The van der Waals surface area contributed by atoms with Crippen molar-refractivity contribution in [3.63, 3.8) is 0 Å². The molecule has 7 heterocycles. The Kier molecular flexibility index (Phi) is 16.6. The molecule has 0 amide bonds. The maximum Gasteiger partial charge on any atom is 0.328 e. The number of carboxylic acids is 1. The first kappa shape index (κ1) is 40.9. The molecule has 0 fully saturated rings. The van der Waals surface area contributed by atoms with Crippen LogP contribution in [-0.2, 0) is 4.79 Å². The van der Waals surface area contributed by atoms with Gasteiger partial charge in [0.2, 0.25) is 0 Å². The van der Waals surface area contributed by atoms with Crippen LogP contribution in [0.25, 0.3) is 33.5 Å². The minimum Gasteiger partial charge on any atom is -0.478 e. The van der Waals surface area contributed by atoms with Crippen LogP contribution < -0.4 is 21.3 Å². The van der Waals surface area contributed by atoms with Gasteiger partial charge in [0.15, 0.2) is 34.4 Å². The van der Waals surface area contributed by atoms with Crippen molar-refractivity contribution in [2.75, 3.05) is 47.4 Å². The molecule has 0 aliphatic rings. The number of nitrogens with one attached hydrogen (secondary N) is 7. The zero-order valence-corrected chi connectivity index (χ0v) is 31.4. The fourth-order valence-electron chi connectivity index (χ4n) is 4.35. The number of hydrogen-bond acceptors (Lipinski definition) is 16. The van der Waals surface area contributed by atoms with Gasteiger partial charge in [-0.1, -0.05) is 37.6 Å². The van der Waals surface area contributed by atoms with Crippen LogP contribution in [-0.4, -0.2) is 107 Å². The highest BCUT2D eigenvalue weighted by molar-refractivity contribution is 6.29. The van der Waals surface area contributed by atoms with E-state index in [0.29, 0.717) is 41.4 Å². The summed E-state index contributed by atoms with van der Waals surface area (Å²) >= 11 is 5.71. The maximum atomic E-state index is 10.2. The number of halogens is 1. The Labute approximate surface area is 320 Å². The molecule has 7 aromatic heterocycles. The number of aromatic nitrogens is 14. The zero-order valence-electron chi connectivity index (χ0n) is 30.7. The van der Waals surface area contributed by atoms with Crippen LogP contribution in [0, 0.1) is 5.92 Å². The molecule has 0 spiro atoms. The number of carboxylic acid groups (broad SMARTS) is 1. The van der Waals surface area contributed by atoms with Crippen LogP contribution in [0.15, 0.2) is 79.8 Å². The lowest BCUT2D eigenvalue weighted by molar-refractivity contribution is -0.131. The van der Waals surface area contributed by atoms with E-state index < -0.39 is 5.97 Å². The molecule has 0 aliphatic heterocycles. The summed E-state index contributed by atoms with van der Waals surface area (Å²) < 4.78 is 0. The second-order valence-electron chi connectivity index (χ2n) is 11.5. The fraction of sp³-hybridized carbons (Fsp3) is 0.294. The first-order chi connectivity index (χ1) is 26.7. The molecule has 0 atom stereocenters. The molecule has 0 bridgehead atoms. The second-order valence-corrected chi connectivity index (χ2v) is 12.1. The number of H-pyrrole nitrogens is 3. The Balaban J connectivity index is 0.000000164. The molecule has 288 valence electrons. The van der Waals surface area contributed by atoms with E-state index in [0.717, 1.165) is 58.6 Å². The van der Waals surface area contributed by atoms with E-state index in [2.05, 4.69) is 105 Å². The highest BCUT2D eigenvalue weighted by Crippen LogP contribution is 2.15. The molecule has 21 heteroatoms. The van der Waals surface area contributed by atoms with E-state index in [1.165, 1.54) is 37.8 Å². The first-order valence-electron chi connectivity index (χ1n) is 17.1. The van der Waals surface area contributed by atoms with Gasteiger partial charge in [0.1, 0.15) is 47.7 Å². The van der Waals surface area contributed by atoms with Crippen LogP contribution in [0.1, 0.15) is 34.1 Å². The summed E-state index contributed by atoms with van der Waals surface area (Å²) in [5.74, 6) is 2.80. The van der Waals surface area contributed by atoms with Crippen molar-refractivity contribution in [3.05, 3.63) is 79.8 Å². The lowest BCUT2D eigenvalue weighted by Gasteiger charge is -2.06. The van der Waals surface area contributed by atoms with E-state index in [1.807, 2.05) is 26.0 Å². The number of aliphatic carboxylic acids is 1. The molecule has 0 aromatic carbocycles. The number of nitrogens with zero attached hydrogens (tertiary/aromatic N) is 11. The number of hydrogen-bond donors (Lipinski definition) is 8. The summed E-state index contributed by atoms with van der Waals surface area (Å²) in [6.07, 6.45) is 18.0. The van der Waals surface area contributed by atoms with Crippen molar-refractivity contribution >= 4 is 74.3 Å². The van der Waals surface area contributed by atoms with Crippen molar-refractivity contribution in [2.45, 2.75) is 34.1 Å². The summed E-state index contributed by atoms with van der Waals surface area (Å²) in [5.41, 5.74) is 4.28. The molecule has 0 aliphatic carbocycles. The van der Waals surface area contributed by atoms with Crippen molar-refractivity contribution in [1.82, 2.24) is 69.8 Å². The van der Waals surface area contributed by atoms with Gasteiger partial charge in [0.25, 0.3) is 0 Å². The van der Waals surface area contributed by atoms with E-state index >= 15 is 0 Å². The monoisotopic (exact) mass is 770 g/mol. The standard InChI is InChI=1S/C9H10ClN5.C9H9N5O2.C9H15N3.C7H9N5/c1-6(10)2-3-11-8-7-9(13-4-12-7)15-5-14-8;15-6(16)2-1-3-10-8-7-9(12-4-11-7)14-5-13-8;1-8(2)3-6-11-9-4-5-10-7-12-9;1-2-8-6-5-7(10-3-9-5)12-4-11-6/h2,4-5H,3H2,1H3,(H2,11,12,13,14,15);1-2,4-5H,3H2,(H,15,16)(H2,10,11,12,13,14);4-5,7-8H,3,6H2,1-2H3,(H,10,11,12);3-4H,2H2,1H3,(H2,8,9,10,11,12)/b6-2-;2-1-;;. The summed E-state index contributed by atoms with van der Waals surface area (Å²) in [5, 5.41) is 21.6. The van der Waals surface area contributed by atoms with E-state index in [4.69, 9.17) is 16.7 Å². The molecule has 7 rings (SSSR count). The number of imidazole rings is 3. The lowest BCUT2D eigenvalue weighted by atomic mass is 10.1. The topological polar surface area (TPSA) is 275 Å². The number of aromatic amines is 3. The number of carbonyl (C=O) groups is 1. The minimum atomic E-state index is -0.976. The van der Waals surface area contributed by atoms with Crippen LogP contribution in [0.2, 0.25) is 0 Å². The van der Waals surface area contributed by atoms with Gasteiger partial charge in [0.05, 0.1) is 19.0 Å². The SMILES string of the molecule is C/C(Cl)=C/CNc1ncnc2nc[nH]c12.CC(C)CCNc1ccncn1.CCNc1ncnc2nc[nH]c12.O=C(O)/C=C\CNc1ncnc2nc[nH]c12. The summed E-state index contributed by atoms with van der Waals surface area (Å²) in [7, 11) is 0. The Morgan fingerprint density at radius 3 is 1.73 bits per heavy atom. The molecule has 7 aromatic rings. The predicted octanol–water partition coefficient (Wildman–Crippen LogP) is 5.03. The molecule has 20 nitrogen and oxygen atoms in total. The van der Waals surface area contributed by atoms with Crippen LogP contribution in [0.4, 0.5) is 23.3 Å². The third-order valence-electron chi connectivity index (χ3n) is 6.92. The lowest BCUT2D eigenvalue weighted by Crippen LogP contribution is -2.05. The van der Waals surface area contributed by atoms with Gasteiger partial charge in [-0.2, -0.15) is 0 Å². The number of anilines is 4. The summed E-state index contributed by atoms with van der Waals surface area (Å²) in [4.78, 5) is 63.1. The van der Waals surface area contributed by atoms with Crippen molar-refractivity contribution in [1.29, 1.82) is 0 Å². The van der Waals surface area contributed by atoms with Crippen LogP contribution >= 0.6 is 11.6 Å². The third-order valence-corrected chi connectivity index (χ3v) is 7.08. The first-order valence-corrected chi connectivity index (χ1v) is 17.5. The summed E-state index contributed by atoms with van der Waals surface area (Å²) in [6, 6.07) is 1.88. The third kappa shape index (κ3) is 13.9. The second kappa shape index (κ2) is 22.3. The molecule has 8 N–H and O–H groups in total. The highest BCUT2D eigenvalue weighted by atomic mass is 35.5. The van der Waals surface area contributed by atoms with E-state index in [9.17, 15) is 4.79 Å². The fourth-order valence-corrected chi connectivity index (χ4v) is 4.43. The molecule has 0 saturated heterocycles. The molecule has 0 radical (unpaired) electrons. The molecular formula is C34H43ClN18O2. The van der Waals surface area contributed by atoms with Crippen molar-refractivity contribution in [3.8, 4) is 0 Å². The van der Waals surface area contributed by atoms with Crippen LogP contribution in [0.3, 0.4) is 0 Å². The number of allylic oxidation sites excluding steroid dienone is 1. The number of fused-ring (bicyclic) bond motifs is 3. The average Bonchev–Trinajstić information content (AvgIpc) is 3.97. The van der Waals surface area contributed by atoms with Gasteiger partial charge < -0.3 is 41.3 Å². The molecule has 0 saturated carbocycles. The van der Waals surface area contributed by atoms with Crippen LogP contribution in [0.5, 0.6) is 0 Å². The van der Waals surface area contributed by atoms with E-state index in [-0.39, 0.29) is 0 Å². The van der Waals surface area contributed by atoms with Crippen molar-refractivity contribution in [2.24, 2.45) is 5.92 Å². The van der Waals surface area contributed by atoms with E-state index in [1.54, 1.807) is 25.2 Å². The maximum absolute atomic E-state index is 10.2. The zero-order chi connectivity index (χ0) is 39.3. The smallest absolute Gasteiger partial charge is 0.328 e. The number of rotatable bonds is 13. The normalized spacial score (nSPS) is 11.0. The predicted molar refractivity (Wildman–Crippen MR) is 213 cm³/mol. The Morgan fingerprint density at radius 1 is 0.745 bits per heavy atom. The quantitative estimate of drug-likeness (QED) is 0.0714. The Hall–Kier alpha value is -6.83. The van der Waals surface area contributed by atoms with Gasteiger partial charge in [-0.25, -0.2) is 59.6 Å².